The topological polar surface area (TPSA) is 39.2 Å². The fraction of sp³-hybridized carbons (Fsp3) is 0.500. The number of aromatic nitrogens is 1. The van der Waals surface area contributed by atoms with Gasteiger partial charge in [-0.25, -0.2) is 0 Å². The molecule has 3 heteroatoms. The Morgan fingerprint density at radius 3 is 2.70 bits per heavy atom. The van der Waals surface area contributed by atoms with Crippen LogP contribution < -0.4 is 4.74 Å². The summed E-state index contributed by atoms with van der Waals surface area (Å²) in [5, 5.41) is 0. The molecule has 3 nitrogen and oxygen atoms in total. The average Bonchev–Trinajstić information content (AvgIpc) is 2.70. The quantitative estimate of drug-likeness (QED) is 0.255. The van der Waals surface area contributed by atoms with Gasteiger partial charge in [0.1, 0.15) is 5.75 Å². The smallest absolute Gasteiger partial charge is 0.311 e. The molecule has 1 atom stereocenters. The van der Waals surface area contributed by atoms with Gasteiger partial charge >= 0.3 is 5.97 Å². The van der Waals surface area contributed by atoms with Gasteiger partial charge in [0.25, 0.3) is 0 Å². The lowest BCUT2D eigenvalue weighted by Crippen LogP contribution is -2.08. The lowest BCUT2D eigenvalue weighted by Gasteiger charge is -2.11. The van der Waals surface area contributed by atoms with Gasteiger partial charge in [-0.1, -0.05) is 58.6 Å². The zero-order chi connectivity index (χ0) is 19.5. The Morgan fingerprint density at radius 1 is 1.11 bits per heavy atom. The van der Waals surface area contributed by atoms with E-state index >= 15 is 0 Å². The Hall–Kier alpha value is -2.16. The molecule has 146 valence electrons. The maximum Gasteiger partial charge on any atom is 0.311 e. The largest absolute Gasteiger partial charge is 0.426 e. The molecule has 2 aromatic rings. The van der Waals surface area contributed by atoms with Gasteiger partial charge in [-0.3, -0.25) is 9.78 Å². The maximum absolute atomic E-state index is 12.3. The first-order valence-electron chi connectivity index (χ1n) is 10.4. The van der Waals surface area contributed by atoms with E-state index in [1.165, 1.54) is 24.8 Å². The number of ether oxygens (including phenoxy) is 1. The number of benzene rings is 1. The molecule has 0 fully saturated rings. The summed E-state index contributed by atoms with van der Waals surface area (Å²) < 4.78 is 5.68. The molecule has 0 amide bonds. The number of hydrogen-bond acceptors (Lipinski definition) is 3. The highest BCUT2D eigenvalue weighted by molar-refractivity contribution is 5.77. The van der Waals surface area contributed by atoms with Crippen molar-refractivity contribution in [2.45, 2.75) is 72.1 Å². The molecule has 1 aromatic heterocycles. The van der Waals surface area contributed by atoms with Crippen LogP contribution in [0.5, 0.6) is 5.75 Å². The number of aryl methyl sites for hydroxylation is 1. The number of rotatable bonds is 11. The number of esters is 1. The summed E-state index contributed by atoms with van der Waals surface area (Å²) >= 11 is 0. The Bertz CT molecular complexity index is 711. The van der Waals surface area contributed by atoms with Gasteiger partial charge < -0.3 is 4.74 Å². The van der Waals surface area contributed by atoms with Gasteiger partial charge in [-0.05, 0) is 55.0 Å². The van der Waals surface area contributed by atoms with Crippen LogP contribution in [-0.2, 0) is 11.2 Å². The molecule has 0 bridgehead atoms. The molecule has 27 heavy (non-hydrogen) atoms. The maximum atomic E-state index is 12.3. The molecular weight excluding hydrogens is 334 g/mol. The van der Waals surface area contributed by atoms with Crippen molar-refractivity contribution in [1.82, 2.24) is 4.98 Å². The van der Waals surface area contributed by atoms with Crippen LogP contribution in [0.1, 0.15) is 71.3 Å². The first-order valence-corrected chi connectivity index (χ1v) is 10.4. The monoisotopic (exact) mass is 367 g/mol. The Kier molecular flexibility index (Phi) is 9.03. The van der Waals surface area contributed by atoms with Crippen molar-refractivity contribution >= 4 is 5.97 Å². The lowest BCUT2D eigenvalue weighted by atomic mass is 10.0. The molecule has 0 saturated heterocycles. The number of nitrogens with zero attached hydrogens (tertiary/aromatic N) is 1. The molecule has 0 spiro atoms. The average molecular weight is 368 g/mol. The fourth-order valence-corrected chi connectivity index (χ4v) is 3.07. The molecule has 0 radical (unpaired) electrons. The molecule has 1 unspecified atom stereocenters. The van der Waals surface area contributed by atoms with Crippen molar-refractivity contribution in [3.63, 3.8) is 0 Å². The standard InChI is InChI=1S/C24H33NO2/c1-4-6-12-20-16-17-25-22(18-20)21-13-8-9-14-23(21)27-24(26)15-10-7-11-19(3)5-2/h8-9,13-14,16-19H,4-7,10-12,15H2,1-3H3. The van der Waals surface area contributed by atoms with Crippen molar-refractivity contribution in [3.05, 3.63) is 48.2 Å². The number of hydrogen-bond donors (Lipinski definition) is 0. The molecule has 0 N–H and O–H groups in total. The van der Waals surface area contributed by atoms with E-state index < -0.39 is 0 Å². The van der Waals surface area contributed by atoms with Crippen molar-refractivity contribution in [2.75, 3.05) is 0 Å². The Labute approximate surface area is 164 Å². The van der Waals surface area contributed by atoms with E-state index in [0.29, 0.717) is 12.2 Å². The van der Waals surface area contributed by atoms with Crippen molar-refractivity contribution < 1.29 is 9.53 Å². The van der Waals surface area contributed by atoms with Crippen LogP contribution >= 0.6 is 0 Å². The van der Waals surface area contributed by atoms with Crippen molar-refractivity contribution in [3.8, 4) is 17.0 Å². The van der Waals surface area contributed by atoms with Crippen LogP contribution in [0, 0.1) is 5.92 Å². The molecule has 0 aliphatic heterocycles. The number of carbonyl (C=O) groups excluding carboxylic acids is 1. The summed E-state index contributed by atoms with van der Waals surface area (Å²) in [4.78, 5) is 16.8. The van der Waals surface area contributed by atoms with E-state index in [4.69, 9.17) is 4.74 Å². The van der Waals surface area contributed by atoms with Crippen LogP contribution in [0.15, 0.2) is 42.6 Å². The summed E-state index contributed by atoms with van der Waals surface area (Å²) in [6, 6.07) is 11.8. The highest BCUT2D eigenvalue weighted by Crippen LogP contribution is 2.29. The van der Waals surface area contributed by atoms with Gasteiger partial charge in [0.05, 0.1) is 5.69 Å². The minimum atomic E-state index is -0.159. The first-order chi connectivity index (χ1) is 13.1. The second-order valence-electron chi connectivity index (χ2n) is 7.38. The summed E-state index contributed by atoms with van der Waals surface area (Å²) in [7, 11) is 0. The summed E-state index contributed by atoms with van der Waals surface area (Å²) in [6.45, 7) is 6.66. The van der Waals surface area contributed by atoms with E-state index in [9.17, 15) is 4.79 Å². The lowest BCUT2D eigenvalue weighted by molar-refractivity contribution is -0.134. The SMILES string of the molecule is CCCCc1ccnc(-c2ccccc2OC(=O)CCCCC(C)CC)c1. The zero-order valence-corrected chi connectivity index (χ0v) is 17.0. The highest BCUT2D eigenvalue weighted by atomic mass is 16.5. The molecule has 1 heterocycles. The predicted octanol–water partition coefficient (Wildman–Crippen LogP) is 6.60. The first kappa shape index (κ1) is 21.1. The summed E-state index contributed by atoms with van der Waals surface area (Å²) in [6.07, 6.45) is 10.0. The van der Waals surface area contributed by atoms with Gasteiger partial charge in [-0.15, -0.1) is 0 Å². The van der Waals surface area contributed by atoms with E-state index in [1.54, 1.807) is 0 Å². The van der Waals surface area contributed by atoms with E-state index in [0.717, 1.165) is 42.9 Å². The molecule has 1 aromatic carbocycles. The number of unbranched alkanes of at least 4 members (excludes halogenated alkanes) is 2. The fourth-order valence-electron chi connectivity index (χ4n) is 3.07. The molecular formula is C24H33NO2. The summed E-state index contributed by atoms with van der Waals surface area (Å²) in [5.41, 5.74) is 3.01. The van der Waals surface area contributed by atoms with Gasteiger partial charge in [0.15, 0.2) is 0 Å². The van der Waals surface area contributed by atoms with Crippen molar-refractivity contribution in [2.24, 2.45) is 5.92 Å². The molecule has 2 rings (SSSR count). The minimum absolute atomic E-state index is 0.159. The highest BCUT2D eigenvalue weighted by Gasteiger charge is 2.12. The zero-order valence-electron chi connectivity index (χ0n) is 17.0. The second-order valence-corrected chi connectivity index (χ2v) is 7.38. The number of pyridine rings is 1. The second kappa shape index (κ2) is 11.5. The third-order valence-corrected chi connectivity index (χ3v) is 5.05. The molecule has 0 aliphatic rings. The third kappa shape index (κ3) is 7.16. The molecule has 0 saturated carbocycles. The van der Waals surface area contributed by atoms with Gasteiger partial charge in [-0.2, -0.15) is 0 Å². The van der Waals surface area contributed by atoms with Crippen LogP contribution in [0.2, 0.25) is 0 Å². The van der Waals surface area contributed by atoms with E-state index in [1.807, 2.05) is 30.5 Å². The van der Waals surface area contributed by atoms with Crippen molar-refractivity contribution in [1.29, 1.82) is 0 Å². The van der Waals surface area contributed by atoms with E-state index in [2.05, 4.69) is 37.9 Å². The van der Waals surface area contributed by atoms with Crippen LogP contribution in [-0.4, -0.2) is 11.0 Å². The third-order valence-electron chi connectivity index (χ3n) is 5.05. The number of carbonyl (C=O) groups is 1. The minimum Gasteiger partial charge on any atom is -0.426 e. The number of para-hydroxylation sites is 1. The summed E-state index contributed by atoms with van der Waals surface area (Å²) in [5.74, 6) is 1.17. The van der Waals surface area contributed by atoms with Gasteiger partial charge in [0, 0.05) is 18.2 Å². The van der Waals surface area contributed by atoms with Crippen LogP contribution in [0.3, 0.4) is 0 Å². The normalized spacial score (nSPS) is 12.0. The molecule has 0 aliphatic carbocycles. The van der Waals surface area contributed by atoms with Crippen LogP contribution in [0.25, 0.3) is 11.3 Å². The Balaban J connectivity index is 2.00. The predicted molar refractivity (Wildman–Crippen MR) is 112 cm³/mol. The van der Waals surface area contributed by atoms with E-state index in [-0.39, 0.29) is 5.97 Å². The van der Waals surface area contributed by atoms with Gasteiger partial charge in [0.2, 0.25) is 0 Å². The van der Waals surface area contributed by atoms with Crippen LogP contribution in [0.4, 0.5) is 0 Å². The Morgan fingerprint density at radius 2 is 1.93 bits per heavy atom.